The average Bonchev–Trinajstić information content (AvgIpc) is 3.00. The van der Waals surface area contributed by atoms with Crippen LogP contribution in [0.3, 0.4) is 0 Å². The van der Waals surface area contributed by atoms with E-state index in [1.54, 1.807) is 39.1 Å². The standard InChI is InChI=1S/C36H42N4O5/c1-6-30(26-15-13-25(14-16-26)27-17-18-31(41)29-11-8-7-10-28(27)29)39-34(43)23-38-33(42)12-9-21-40(35(44)45-36(3,4)5)32-22-24(2)19-20-37-32/h7-8,10-11,13-20,22,30,41H,6,9,12,21,23H2,1-5H3,(H,38,42)(H,39,43). The van der Waals surface area contributed by atoms with Gasteiger partial charge in [-0.1, -0.05) is 61.5 Å². The van der Waals surface area contributed by atoms with Crippen molar-refractivity contribution in [2.24, 2.45) is 0 Å². The Hall–Kier alpha value is -4.92. The number of hydrogen-bond donors (Lipinski definition) is 3. The van der Waals surface area contributed by atoms with E-state index in [0.717, 1.165) is 33.0 Å². The van der Waals surface area contributed by atoms with Crippen LogP contribution in [0.2, 0.25) is 0 Å². The Kier molecular flexibility index (Phi) is 10.8. The number of rotatable bonds is 11. The third-order valence-electron chi connectivity index (χ3n) is 7.29. The van der Waals surface area contributed by atoms with Gasteiger partial charge in [0.15, 0.2) is 0 Å². The highest BCUT2D eigenvalue weighted by Gasteiger charge is 2.24. The van der Waals surface area contributed by atoms with Crippen LogP contribution in [0.15, 0.2) is 79.0 Å². The van der Waals surface area contributed by atoms with Crippen molar-refractivity contribution in [3.8, 4) is 16.9 Å². The van der Waals surface area contributed by atoms with Crippen LogP contribution in [0.5, 0.6) is 5.75 Å². The third-order valence-corrected chi connectivity index (χ3v) is 7.29. The molecule has 0 saturated heterocycles. The zero-order valence-corrected chi connectivity index (χ0v) is 26.6. The minimum atomic E-state index is -0.677. The number of anilines is 1. The van der Waals surface area contributed by atoms with Gasteiger partial charge in [0.05, 0.1) is 12.6 Å². The summed E-state index contributed by atoms with van der Waals surface area (Å²) in [6.07, 6.45) is 2.26. The van der Waals surface area contributed by atoms with Gasteiger partial charge in [-0.05, 0) is 86.4 Å². The van der Waals surface area contributed by atoms with Gasteiger partial charge < -0.3 is 20.5 Å². The van der Waals surface area contributed by atoms with E-state index in [0.29, 0.717) is 18.7 Å². The molecule has 1 heterocycles. The number of hydrogen-bond acceptors (Lipinski definition) is 6. The molecule has 0 radical (unpaired) electrons. The minimum absolute atomic E-state index is 0.128. The summed E-state index contributed by atoms with van der Waals surface area (Å²) in [6.45, 7) is 9.37. The van der Waals surface area contributed by atoms with Crippen molar-refractivity contribution in [1.82, 2.24) is 15.6 Å². The van der Waals surface area contributed by atoms with E-state index in [-0.39, 0.29) is 43.1 Å². The number of aryl methyl sites for hydroxylation is 1. The Bertz CT molecular complexity index is 1650. The maximum absolute atomic E-state index is 12.9. The Morgan fingerprint density at radius 3 is 2.33 bits per heavy atom. The summed E-state index contributed by atoms with van der Waals surface area (Å²) in [6, 6.07) is 22.8. The molecule has 4 aromatic rings. The van der Waals surface area contributed by atoms with Crippen LogP contribution in [-0.4, -0.2) is 46.7 Å². The third kappa shape index (κ3) is 9.04. The molecule has 1 atom stereocenters. The summed E-state index contributed by atoms with van der Waals surface area (Å²) in [4.78, 5) is 43.9. The Morgan fingerprint density at radius 1 is 0.956 bits per heavy atom. The van der Waals surface area contributed by atoms with Gasteiger partial charge in [-0.2, -0.15) is 0 Å². The normalized spacial score (nSPS) is 11.9. The maximum Gasteiger partial charge on any atom is 0.416 e. The molecular formula is C36H42N4O5. The number of aromatic hydroxyl groups is 1. The van der Waals surface area contributed by atoms with Gasteiger partial charge in [-0.25, -0.2) is 9.78 Å². The van der Waals surface area contributed by atoms with E-state index in [2.05, 4.69) is 15.6 Å². The van der Waals surface area contributed by atoms with E-state index in [1.165, 1.54) is 4.90 Å². The Morgan fingerprint density at radius 2 is 1.67 bits per heavy atom. The minimum Gasteiger partial charge on any atom is -0.507 e. The summed E-state index contributed by atoms with van der Waals surface area (Å²) in [5, 5.41) is 17.7. The van der Waals surface area contributed by atoms with Crippen LogP contribution < -0.4 is 15.5 Å². The SMILES string of the molecule is CCC(NC(=O)CNC(=O)CCCN(C(=O)OC(C)(C)C)c1cc(C)ccn1)c1ccc(-c2ccc(O)c3ccccc23)cc1. The van der Waals surface area contributed by atoms with Gasteiger partial charge in [0.1, 0.15) is 17.2 Å². The molecule has 9 heteroatoms. The summed E-state index contributed by atoms with van der Waals surface area (Å²) in [5.74, 6) is 0.126. The number of phenols is 1. The lowest BCUT2D eigenvalue weighted by Crippen LogP contribution is -2.40. The summed E-state index contributed by atoms with van der Waals surface area (Å²) in [7, 11) is 0. The lowest BCUT2D eigenvalue weighted by Gasteiger charge is -2.27. The fourth-order valence-electron chi connectivity index (χ4n) is 5.05. The molecule has 4 rings (SSSR count). The second kappa shape index (κ2) is 14.7. The first-order valence-corrected chi connectivity index (χ1v) is 15.3. The van der Waals surface area contributed by atoms with Crippen LogP contribution in [-0.2, 0) is 14.3 Å². The highest BCUT2D eigenvalue weighted by atomic mass is 16.6. The lowest BCUT2D eigenvalue weighted by atomic mass is 9.95. The van der Waals surface area contributed by atoms with E-state index >= 15 is 0 Å². The van der Waals surface area contributed by atoms with Crippen molar-refractivity contribution in [2.75, 3.05) is 18.0 Å². The topological polar surface area (TPSA) is 121 Å². The van der Waals surface area contributed by atoms with Crippen molar-refractivity contribution in [3.05, 3.63) is 90.1 Å². The van der Waals surface area contributed by atoms with Crippen molar-refractivity contribution in [2.45, 2.75) is 65.5 Å². The van der Waals surface area contributed by atoms with Crippen molar-refractivity contribution in [3.63, 3.8) is 0 Å². The van der Waals surface area contributed by atoms with Gasteiger partial charge in [0.25, 0.3) is 0 Å². The molecule has 3 N–H and O–H groups in total. The molecule has 1 aromatic heterocycles. The van der Waals surface area contributed by atoms with Gasteiger partial charge in [0.2, 0.25) is 11.8 Å². The molecule has 9 nitrogen and oxygen atoms in total. The number of amides is 3. The van der Waals surface area contributed by atoms with Crippen molar-refractivity contribution >= 4 is 34.5 Å². The Balaban J connectivity index is 1.29. The number of phenolic OH excluding ortho intramolecular Hbond substituents is 1. The lowest BCUT2D eigenvalue weighted by molar-refractivity contribution is -0.126. The number of ether oxygens (including phenoxy) is 1. The van der Waals surface area contributed by atoms with Crippen LogP contribution in [0.1, 0.15) is 64.1 Å². The van der Waals surface area contributed by atoms with Crippen LogP contribution in [0, 0.1) is 6.92 Å². The highest BCUT2D eigenvalue weighted by Crippen LogP contribution is 2.34. The first-order chi connectivity index (χ1) is 21.4. The summed E-state index contributed by atoms with van der Waals surface area (Å²) in [5.41, 5.74) is 3.25. The van der Waals surface area contributed by atoms with Crippen LogP contribution in [0.4, 0.5) is 10.6 Å². The van der Waals surface area contributed by atoms with E-state index in [1.807, 2.05) is 74.5 Å². The number of pyridine rings is 1. The second-order valence-electron chi connectivity index (χ2n) is 12.0. The summed E-state index contributed by atoms with van der Waals surface area (Å²) < 4.78 is 5.55. The predicted molar refractivity (Wildman–Crippen MR) is 177 cm³/mol. The number of nitrogens with zero attached hydrogens (tertiary/aromatic N) is 2. The number of carbonyl (C=O) groups is 3. The monoisotopic (exact) mass is 610 g/mol. The second-order valence-corrected chi connectivity index (χ2v) is 12.0. The van der Waals surface area contributed by atoms with Gasteiger partial charge in [0, 0.05) is 24.5 Å². The maximum atomic E-state index is 12.9. The summed E-state index contributed by atoms with van der Waals surface area (Å²) >= 11 is 0. The predicted octanol–water partition coefficient (Wildman–Crippen LogP) is 6.82. The number of nitrogens with one attached hydrogen (secondary N) is 2. The number of benzene rings is 3. The molecule has 0 spiro atoms. The van der Waals surface area contributed by atoms with Gasteiger partial charge in [-0.15, -0.1) is 0 Å². The molecule has 45 heavy (non-hydrogen) atoms. The molecular weight excluding hydrogens is 568 g/mol. The van der Waals surface area contributed by atoms with Crippen molar-refractivity contribution in [1.29, 1.82) is 0 Å². The van der Waals surface area contributed by atoms with E-state index in [4.69, 9.17) is 4.74 Å². The molecule has 0 saturated carbocycles. The zero-order valence-electron chi connectivity index (χ0n) is 26.6. The van der Waals surface area contributed by atoms with Crippen LogP contribution in [0.25, 0.3) is 21.9 Å². The number of carbonyl (C=O) groups excluding carboxylic acids is 3. The molecule has 3 amide bonds. The molecule has 0 aliphatic carbocycles. The number of aromatic nitrogens is 1. The first kappa shape index (κ1) is 33.0. The largest absolute Gasteiger partial charge is 0.507 e. The smallest absolute Gasteiger partial charge is 0.416 e. The molecule has 0 aliphatic rings. The zero-order chi connectivity index (χ0) is 32.6. The first-order valence-electron chi connectivity index (χ1n) is 15.3. The van der Waals surface area contributed by atoms with E-state index < -0.39 is 11.7 Å². The number of fused-ring (bicyclic) bond motifs is 1. The molecule has 1 unspecified atom stereocenters. The molecule has 236 valence electrons. The quantitative estimate of drug-likeness (QED) is 0.171. The van der Waals surface area contributed by atoms with Crippen LogP contribution >= 0.6 is 0 Å². The molecule has 0 fully saturated rings. The van der Waals surface area contributed by atoms with Gasteiger partial charge >= 0.3 is 6.09 Å². The van der Waals surface area contributed by atoms with Crippen molar-refractivity contribution < 1.29 is 24.2 Å². The van der Waals surface area contributed by atoms with E-state index in [9.17, 15) is 19.5 Å². The average molecular weight is 611 g/mol. The van der Waals surface area contributed by atoms with Gasteiger partial charge in [-0.3, -0.25) is 14.5 Å². The fraction of sp³-hybridized carbons (Fsp3) is 0.333. The fourth-order valence-corrected chi connectivity index (χ4v) is 5.05. The molecule has 0 bridgehead atoms. The molecule has 3 aromatic carbocycles. The highest BCUT2D eigenvalue weighted by molar-refractivity contribution is 6.00. The Labute approximate surface area is 264 Å². The molecule has 0 aliphatic heterocycles.